The van der Waals surface area contributed by atoms with Crippen molar-refractivity contribution in [2.45, 2.75) is 25.4 Å². The van der Waals surface area contributed by atoms with Crippen molar-refractivity contribution in [3.8, 4) is 0 Å². The summed E-state index contributed by atoms with van der Waals surface area (Å²) in [4.78, 5) is 2.62. The number of rotatable bonds is 5. The summed E-state index contributed by atoms with van der Waals surface area (Å²) in [6.07, 6.45) is 1.16. The highest BCUT2D eigenvalue weighted by molar-refractivity contribution is 9.10. The predicted molar refractivity (Wildman–Crippen MR) is 88.9 cm³/mol. The molecule has 4 heteroatoms. The van der Waals surface area contributed by atoms with Gasteiger partial charge in [0.1, 0.15) is 0 Å². The highest BCUT2D eigenvalue weighted by Gasteiger charge is 2.20. The van der Waals surface area contributed by atoms with Crippen molar-refractivity contribution in [3.05, 3.63) is 34.3 Å². The monoisotopic (exact) mass is 342 g/mol. The molecule has 0 aliphatic carbocycles. The van der Waals surface area contributed by atoms with E-state index in [2.05, 4.69) is 76.1 Å². The molecule has 1 heterocycles. The van der Waals surface area contributed by atoms with Gasteiger partial charge < -0.3 is 5.32 Å². The third-order valence-corrected chi connectivity index (χ3v) is 5.75. The lowest BCUT2D eigenvalue weighted by atomic mass is 10.0. The number of benzene rings is 1. The Morgan fingerprint density at radius 3 is 2.95 bits per heavy atom. The van der Waals surface area contributed by atoms with E-state index in [1.54, 1.807) is 0 Å². The molecule has 1 aliphatic rings. The average molecular weight is 343 g/mol. The van der Waals surface area contributed by atoms with Gasteiger partial charge in [-0.3, -0.25) is 4.90 Å². The van der Waals surface area contributed by atoms with Crippen molar-refractivity contribution in [1.29, 1.82) is 0 Å². The summed E-state index contributed by atoms with van der Waals surface area (Å²) in [6, 6.07) is 9.67. The van der Waals surface area contributed by atoms with Gasteiger partial charge in [0.05, 0.1) is 0 Å². The second-order valence-electron chi connectivity index (χ2n) is 5.11. The second-order valence-corrected chi connectivity index (χ2v) is 7.12. The Morgan fingerprint density at radius 1 is 1.47 bits per heavy atom. The number of hydrogen-bond acceptors (Lipinski definition) is 3. The van der Waals surface area contributed by atoms with Gasteiger partial charge in [-0.2, -0.15) is 11.8 Å². The molecule has 0 saturated carbocycles. The lowest BCUT2D eigenvalue weighted by Crippen LogP contribution is -2.41. The molecule has 106 valence electrons. The van der Waals surface area contributed by atoms with E-state index >= 15 is 0 Å². The van der Waals surface area contributed by atoms with Gasteiger partial charge in [0.2, 0.25) is 0 Å². The lowest BCUT2D eigenvalue weighted by Gasteiger charge is -2.34. The summed E-state index contributed by atoms with van der Waals surface area (Å²) >= 11 is 5.74. The SMILES string of the molecule is CNC(CCN1CCSCC1C)c1ccccc1Br. The molecule has 0 bridgehead atoms. The first-order valence-electron chi connectivity index (χ1n) is 6.96. The van der Waals surface area contributed by atoms with Crippen LogP contribution in [0.4, 0.5) is 0 Å². The van der Waals surface area contributed by atoms with Crippen molar-refractivity contribution >= 4 is 27.7 Å². The van der Waals surface area contributed by atoms with E-state index in [1.165, 1.54) is 34.6 Å². The minimum absolute atomic E-state index is 0.428. The molecular weight excluding hydrogens is 320 g/mol. The molecule has 1 N–H and O–H groups in total. The van der Waals surface area contributed by atoms with Gasteiger partial charge in [0.15, 0.2) is 0 Å². The van der Waals surface area contributed by atoms with Crippen LogP contribution in [-0.4, -0.2) is 42.6 Å². The molecule has 2 nitrogen and oxygen atoms in total. The Hall–Kier alpha value is -0.0300. The maximum atomic E-state index is 3.66. The molecule has 19 heavy (non-hydrogen) atoms. The minimum Gasteiger partial charge on any atom is -0.313 e. The molecular formula is C15H23BrN2S. The van der Waals surface area contributed by atoms with Crippen molar-refractivity contribution in [3.63, 3.8) is 0 Å². The smallest absolute Gasteiger partial charge is 0.0340 e. The fourth-order valence-corrected chi connectivity index (χ4v) is 4.24. The summed E-state index contributed by atoms with van der Waals surface area (Å²) < 4.78 is 1.21. The number of nitrogens with one attached hydrogen (secondary N) is 1. The molecule has 0 aromatic heterocycles. The van der Waals surface area contributed by atoms with Crippen LogP contribution in [0.2, 0.25) is 0 Å². The minimum atomic E-state index is 0.428. The third kappa shape index (κ3) is 4.22. The second kappa shape index (κ2) is 7.67. The maximum absolute atomic E-state index is 3.66. The van der Waals surface area contributed by atoms with Gasteiger partial charge in [0.25, 0.3) is 0 Å². The zero-order valence-electron chi connectivity index (χ0n) is 11.7. The normalized spacial score (nSPS) is 22.4. The standard InChI is InChI=1S/C15H23BrN2S/c1-12-11-19-10-9-18(12)8-7-15(17-2)13-5-3-4-6-14(13)16/h3-6,12,15,17H,7-11H2,1-2H3. The first kappa shape index (κ1) is 15.4. The van der Waals surface area contributed by atoms with E-state index in [0.717, 1.165) is 12.5 Å². The topological polar surface area (TPSA) is 15.3 Å². The van der Waals surface area contributed by atoms with Gasteiger partial charge >= 0.3 is 0 Å². The van der Waals surface area contributed by atoms with E-state index in [-0.39, 0.29) is 0 Å². The van der Waals surface area contributed by atoms with Crippen LogP contribution in [0.15, 0.2) is 28.7 Å². The van der Waals surface area contributed by atoms with Crippen LogP contribution in [0.3, 0.4) is 0 Å². The maximum Gasteiger partial charge on any atom is 0.0340 e. The molecule has 0 radical (unpaired) electrons. The highest BCUT2D eigenvalue weighted by atomic mass is 79.9. The summed E-state index contributed by atoms with van der Waals surface area (Å²) in [6.45, 7) is 4.76. The molecule has 1 aliphatic heterocycles. The number of thioether (sulfide) groups is 1. The van der Waals surface area contributed by atoms with Crippen LogP contribution in [0.1, 0.15) is 24.9 Å². The van der Waals surface area contributed by atoms with Crippen LogP contribution in [0, 0.1) is 0 Å². The summed E-state index contributed by atoms with van der Waals surface area (Å²) in [5.74, 6) is 2.56. The van der Waals surface area contributed by atoms with E-state index in [4.69, 9.17) is 0 Å². The van der Waals surface area contributed by atoms with E-state index < -0.39 is 0 Å². The largest absolute Gasteiger partial charge is 0.313 e. The molecule has 1 aromatic carbocycles. The summed E-state index contributed by atoms with van der Waals surface area (Å²) in [5.41, 5.74) is 1.36. The van der Waals surface area contributed by atoms with Crippen LogP contribution < -0.4 is 5.32 Å². The zero-order valence-corrected chi connectivity index (χ0v) is 14.1. The molecule has 1 saturated heterocycles. The van der Waals surface area contributed by atoms with Gasteiger partial charge in [-0.1, -0.05) is 34.1 Å². The molecule has 1 fully saturated rings. The van der Waals surface area contributed by atoms with Crippen LogP contribution >= 0.6 is 27.7 Å². The number of nitrogens with zero attached hydrogens (tertiary/aromatic N) is 1. The van der Waals surface area contributed by atoms with Gasteiger partial charge in [0, 0.05) is 41.2 Å². The van der Waals surface area contributed by atoms with Crippen LogP contribution in [0.25, 0.3) is 0 Å². The number of hydrogen-bond donors (Lipinski definition) is 1. The predicted octanol–water partition coefficient (Wildman–Crippen LogP) is 3.54. The molecule has 2 atom stereocenters. The molecule has 2 rings (SSSR count). The molecule has 0 amide bonds. The van der Waals surface area contributed by atoms with Crippen molar-refractivity contribution in [1.82, 2.24) is 10.2 Å². The van der Waals surface area contributed by atoms with E-state index in [0.29, 0.717) is 6.04 Å². The van der Waals surface area contributed by atoms with Crippen molar-refractivity contribution in [2.24, 2.45) is 0 Å². The van der Waals surface area contributed by atoms with Gasteiger partial charge in [-0.25, -0.2) is 0 Å². The Morgan fingerprint density at radius 2 is 2.26 bits per heavy atom. The van der Waals surface area contributed by atoms with Crippen molar-refractivity contribution in [2.75, 3.05) is 31.6 Å². The number of halogens is 1. The Balaban J connectivity index is 1.94. The quantitative estimate of drug-likeness (QED) is 0.880. The zero-order chi connectivity index (χ0) is 13.7. The summed E-state index contributed by atoms with van der Waals surface area (Å²) in [5, 5.41) is 3.45. The molecule has 0 spiro atoms. The van der Waals surface area contributed by atoms with Crippen molar-refractivity contribution < 1.29 is 0 Å². The average Bonchev–Trinajstić information content (AvgIpc) is 2.43. The van der Waals surface area contributed by atoms with E-state index in [9.17, 15) is 0 Å². The van der Waals surface area contributed by atoms with Gasteiger partial charge in [-0.05, 0) is 32.0 Å². The van der Waals surface area contributed by atoms with E-state index in [1.807, 2.05) is 0 Å². The Kier molecular flexibility index (Phi) is 6.20. The van der Waals surface area contributed by atoms with Gasteiger partial charge in [-0.15, -0.1) is 0 Å². The Bertz CT molecular complexity index is 399. The van der Waals surface area contributed by atoms with Crippen LogP contribution in [-0.2, 0) is 0 Å². The Labute approximate surface area is 129 Å². The first-order chi connectivity index (χ1) is 9.22. The summed E-state index contributed by atoms with van der Waals surface area (Å²) in [7, 11) is 2.06. The fraction of sp³-hybridized carbons (Fsp3) is 0.600. The molecule has 1 aromatic rings. The van der Waals surface area contributed by atoms with Crippen LogP contribution in [0.5, 0.6) is 0 Å². The third-order valence-electron chi connectivity index (χ3n) is 3.84. The lowest BCUT2D eigenvalue weighted by molar-refractivity contribution is 0.220. The first-order valence-corrected chi connectivity index (χ1v) is 8.90. The highest BCUT2D eigenvalue weighted by Crippen LogP contribution is 2.26. The fourth-order valence-electron chi connectivity index (χ4n) is 2.60. The molecule has 2 unspecified atom stereocenters.